The maximum Gasteiger partial charge on any atom is 0.178 e. The first-order chi connectivity index (χ1) is 8.90. The van der Waals surface area contributed by atoms with Gasteiger partial charge < -0.3 is 0 Å². The van der Waals surface area contributed by atoms with Crippen LogP contribution in [0.15, 0.2) is 29.2 Å². The third-order valence-electron chi connectivity index (χ3n) is 3.41. The molecular weight excluding hydrogens is 260 g/mol. The van der Waals surface area contributed by atoms with Crippen molar-refractivity contribution >= 4 is 15.6 Å². The molecule has 0 radical (unpaired) electrons. The van der Waals surface area contributed by atoms with Crippen molar-refractivity contribution in [3.05, 3.63) is 29.8 Å². The molecule has 0 bridgehead atoms. The molecule has 104 valence electrons. The Morgan fingerprint density at radius 3 is 2.26 bits per heavy atom. The fourth-order valence-corrected chi connectivity index (χ4v) is 3.48. The molecule has 4 heteroatoms. The number of benzene rings is 1. The van der Waals surface area contributed by atoms with Gasteiger partial charge in [0.05, 0.1) is 10.6 Å². The number of ketones is 1. The van der Waals surface area contributed by atoms with Gasteiger partial charge in [-0.1, -0.05) is 26.0 Å². The summed E-state index contributed by atoms with van der Waals surface area (Å²) in [7, 11) is -3.21. The molecule has 2 rings (SSSR count). The number of rotatable bonds is 6. The molecule has 0 unspecified atom stereocenters. The van der Waals surface area contributed by atoms with Gasteiger partial charge in [-0.3, -0.25) is 4.79 Å². The van der Waals surface area contributed by atoms with E-state index in [2.05, 4.69) is 0 Å². The fourth-order valence-electron chi connectivity index (χ4n) is 1.92. The van der Waals surface area contributed by atoms with Gasteiger partial charge in [-0.15, -0.1) is 0 Å². The second-order valence-corrected chi connectivity index (χ2v) is 7.77. The lowest BCUT2D eigenvalue weighted by Crippen LogP contribution is -2.09. The van der Waals surface area contributed by atoms with Crippen LogP contribution in [-0.2, 0) is 9.84 Å². The van der Waals surface area contributed by atoms with E-state index in [9.17, 15) is 13.2 Å². The van der Waals surface area contributed by atoms with E-state index < -0.39 is 9.84 Å². The van der Waals surface area contributed by atoms with Crippen molar-refractivity contribution in [1.82, 2.24) is 0 Å². The number of Topliss-reactive ketones (excluding diaryl/α,β-unsaturated/α-hetero) is 1. The Labute approximate surface area is 114 Å². The van der Waals surface area contributed by atoms with E-state index >= 15 is 0 Å². The van der Waals surface area contributed by atoms with Gasteiger partial charge in [-0.25, -0.2) is 8.42 Å². The molecule has 1 aliphatic rings. The molecule has 0 atom stereocenters. The van der Waals surface area contributed by atoms with Gasteiger partial charge in [0.2, 0.25) is 0 Å². The first-order valence-electron chi connectivity index (χ1n) is 6.77. The molecule has 1 saturated carbocycles. The van der Waals surface area contributed by atoms with Crippen molar-refractivity contribution in [2.24, 2.45) is 11.8 Å². The Bertz CT molecular complexity index is 552. The van der Waals surface area contributed by atoms with Crippen molar-refractivity contribution < 1.29 is 13.2 Å². The number of carbonyl (C=O) groups excluding carboxylic acids is 1. The molecule has 1 fully saturated rings. The van der Waals surface area contributed by atoms with E-state index in [1.165, 1.54) is 0 Å². The second-order valence-electron chi connectivity index (χ2n) is 5.66. The zero-order valence-electron chi connectivity index (χ0n) is 11.4. The van der Waals surface area contributed by atoms with Crippen LogP contribution in [0.2, 0.25) is 0 Å². The van der Waals surface area contributed by atoms with Crippen LogP contribution >= 0.6 is 0 Å². The molecule has 0 heterocycles. The first kappa shape index (κ1) is 14.3. The van der Waals surface area contributed by atoms with Crippen LogP contribution in [0.3, 0.4) is 0 Å². The molecule has 3 nitrogen and oxygen atoms in total. The van der Waals surface area contributed by atoms with Crippen molar-refractivity contribution in [2.75, 3.05) is 5.75 Å². The first-order valence-corrected chi connectivity index (χ1v) is 8.42. The zero-order valence-corrected chi connectivity index (χ0v) is 12.2. The molecule has 0 amide bonds. The van der Waals surface area contributed by atoms with Crippen LogP contribution in [0.5, 0.6) is 0 Å². The normalized spacial score (nSPS) is 15.7. The van der Waals surface area contributed by atoms with Gasteiger partial charge in [-0.05, 0) is 37.3 Å². The van der Waals surface area contributed by atoms with Crippen molar-refractivity contribution in [3.8, 4) is 0 Å². The molecule has 0 N–H and O–H groups in total. The Balaban J connectivity index is 2.10. The minimum absolute atomic E-state index is 0.145. The topological polar surface area (TPSA) is 51.2 Å². The highest BCUT2D eigenvalue weighted by atomic mass is 32.2. The SMILES string of the molecule is CC(C)CCS(=O)(=O)c1ccc(C(=O)C2CC2)cc1. The standard InChI is InChI=1S/C15H20O3S/c1-11(2)9-10-19(17,18)14-7-5-13(6-8-14)15(16)12-3-4-12/h5-8,11-12H,3-4,9-10H2,1-2H3. The number of carbonyl (C=O) groups is 1. The van der Waals surface area contributed by atoms with Gasteiger partial charge in [0.15, 0.2) is 15.6 Å². The molecule has 1 aromatic rings. The highest BCUT2D eigenvalue weighted by molar-refractivity contribution is 7.91. The average molecular weight is 280 g/mol. The fraction of sp³-hybridized carbons (Fsp3) is 0.533. The lowest BCUT2D eigenvalue weighted by molar-refractivity contribution is 0.0967. The summed E-state index contributed by atoms with van der Waals surface area (Å²) in [4.78, 5) is 12.2. The Hall–Kier alpha value is -1.16. The van der Waals surface area contributed by atoms with Crippen LogP contribution in [-0.4, -0.2) is 20.0 Å². The molecule has 19 heavy (non-hydrogen) atoms. The molecule has 1 aromatic carbocycles. The number of sulfone groups is 1. The quantitative estimate of drug-likeness (QED) is 0.752. The van der Waals surface area contributed by atoms with Gasteiger partial charge in [0.1, 0.15) is 0 Å². The van der Waals surface area contributed by atoms with E-state index in [1.54, 1.807) is 24.3 Å². The summed E-state index contributed by atoms with van der Waals surface area (Å²) in [6.45, 7) is 4.01. The summed E-state index contributed by atoms with van der Waals surface area (Å²) in [5.41, 5.74) is 0.630. The summed E-state index contributed by atoms with van der Waals surface area (Å²) < 4.78 is 24.2. The lowest BCUT2D eigenvalue weighted by Gasteiger charge is -2.07. The summed E-state index contributed by atoms with van der Waals surface area (Å²) >= 11 is 0. The third-order valence-corrected chi connectivity index (χ3v) is 5.17. The van der Waals surface area contributed by atoms with E-state index in [0.29, 0.717) is 22.8 Å². The van der Waals surface area contributed by atoms with Gasteiger partial charge in [0, 0.05) is 11.5 Å². The molecule has 0 aliphatic heterocycles. The highest BCUT2D eigenvalue weighted by Crippen LogP contribution is 2.32. The molecule has 0 saturated heterocycles. The number of hydrogen-bond acceptors (Lipinski definition) is 3. The van der Waals surface area contributed by atoms with Crippen LogP contribution in [0.25, 0.3) is 0 Å². The van der Waals surface area contributed by atoms with E-state index in [4.69, 9.17) is 0 Å². The second kappa shape index (κ2) is 5.45. The Morgan fingerprint density at radius 2 is 1.79 bits per heavy atom. The van der Waals surface area contributed by atoms with Crippen LogP contribution in [0, 0.1) is 11.8 Å². The van der Waals surface area contributed by atoms with Crippen molar-refractivity contribution in [3.63, 3.8) is 0 Å². The summed E-state index contributed by atoms with van der Waals surface area (Å²) in [6, 6.07) is 6.41. The summed E-state index contributed by atoms with van der Waals surface area (Å²) in [6.07, 6.45) is 2.59. The van der Waals surface area contributed by atoms with Crippen LogP contribution < -0.4 is 0 Å². The van der Waals surface area contributed by atoms with Gasteiger partial charge in [0.25, 0.3) is 0 Å². The molecule has 1 aliphatic carbocycles. The maximum atomic E-state index is 12.1. The summed E-state index contributed by atoms with van der Waals surface area (Å²) in [5.74, 6) is 0.848. The average Bonchev–Trinajstić information content (AvgIpc) is 3.20. The minimum atomic E-state index is -3.21. The predicted octanol–water partition coefficient (Wildman–Crippen LogP) is 3.10. The van der Waals surface area contributed by atoms with E-state index in [1.807, 2.05) is 13.8 Å². The molecular formula is C15H20O3S. The third kappa shape index (κ3) is 3.66. The van der Waals surface area contributed by atoms with Gasteiger partial charge >= 0.3 is 0 Å². The van der Waals surface area contributed by atoms with Crippen LogP contribution in [0.1, 0.15) is 43.5 Å². The Kier molecular flexibility index (Phi) is 4.09. The lowest BCUT2D eigenvalue weighted by atomic mass is 10.1. The monoisotopic (exact) mass is 280 g/mol. The Morgan fingerprint density at radius 1 is 1.21 bits per heavy atom. The van der Waals surface area contributed by atoms with Crippen molar-refractivity contribution in [2.45, 2.75) is 38.0 Å². The molecule has 0 aromatic heterocycles. The highest BCUT2D eigenvalue weighted by Gasteiger charge is 2.30. The van der Waals surface area contributed by atoms with Crippen molar-refractivity contribution in [1.29, 1.82) is 0 Å². The minimum Gasteiger partial charge on any atom is -0.294 e. The smallest absolute Gasteiger partial charge is 0.178 e. The predicted molar refractivity (Wildman–Crippen MR) is 75.0 cm³/mol. The van der Waals surface area contributed by atoms with E-state index in [0.717, 1.165) is 12.8 Å². The van der Waals surface area contributed by atoms with Crippen LogP contribution in [0.4, 0.5) is 0 Å². The number of hydrogen-bond donors (Lipinski definition) is 0. The largest absolute Gasteiger partial charge is 0.294 e. The maximum absolute atomic E-state index is 12.1. The van der Waals surface area contributed by atoms with E-state index in [-0.39, 0.29) is 17.5 Å². The molecule has 0 spiro atoms. The summed E-state index contributed by atoms with van der Waals surface area (Å²) in [5, 5.41) is 0. The van der Waals surface area contributed by atoms with Gasteiger partial charge in [-0.2, -0.15) is 0 Å². The zero-order chi connectivity index (χ0) is 14.0.